The molecule has 0 bridgehead atoms. The van der Waals surface area contributed by atoms with Gasteiger partial charge in [0, 0.05) is 31.9 Å². The van der Waals surface area contributed by atoms with Crippen LogP contribution in [0, 0.1) is 5.92 Å². The molecule has 5 heteroatoms. The summed E-state index contributed by atoms with van der Waals surface area (Å²) in [6.45, 7) is 1.07. The standard InChI is InChI=1S/C16H19N3O2/c1-19-14(7-9-18-19)6-8-17-16(20)13-10-12-4-2-3-5-15(12)21-11-13/h2-5,7,9,13H,6,8,10-11H2,1H3,(H,17,20). The first-order valence-electron chi connectivity index (χ1n) is 7.19. The molecule has 1 atom stereocenters. The number of carbonyl (C=O) groups excluding carboxylic acids is 1. The van der Waals surface area contributed by atoms with Crippen LogP contribution in [0.1, 0.15) is 11.3 Å². The lowest BCUT2D eigenvalue weighted by Crippen LogP contribution is -2.38. The third-order valence-corrected chi connectivity index (χ3v) is 3.85. The van der Waals surface area contributed by atoms with E-state index in [2.05, 4.69) is 10.4 Å². The number of para-hydroxylation sites is 1. The fourth-order valence-corrected chi connectivity index (χ4v) is 2.60. The summed E-state index contributed by atoms with van der Waals surface area (Å²) in [5.41, 5.74) is 2.22. The van der Waals surface area contributed by atoms with Crippen molar-refractivity contribution < 1.29 is 9.53 Å². The summed E-state index contributed by atoms with van der Waals surface area (Å²) in [6.07, 6.45) is 3.29. The normalized spacial score (nSPS) is 16.9. The quantitative estimate of drug-likeness (QED) is 0.922. The Morgan fingerprint density at radius 1 is 1.43 bits per heavy atom. The Bertz CT molecular complexity index is 636. The van der Waals surface area contributed by atoms with Crippen molar-refractivity contribution in [2.24, 2.45) is 13.0 Å². The van der Waals surface area contributed by atoms with E-state index in [4.69, 9.17) is 4.74 Å². The van der Waals surface area contributed by atoms with Crippen LogP contribution in [0.4, 0.5) is 0 Å². The molecule has 0 radical (unpaired) electrons. The zero-order valence-electron chi connectivity index (χ0n) is 12.1. The lowest BCUT2D eigenvalue weighted by Gasteiger charge is -2.24. The van der Waals surface area contributed by atoms with Crippen molar-refractivity contribution in [1.82, 2.24) is 15.1 Å². The third kappa shape index (κ3) is 3.07. The smallest absolute Gasteiger partial charge is 0.226 e. The molecule has 0 fully saturated rings. The number of hydrogen-bond acceptors (Lipinski definition) is 3. The number of rotatable bonds is 4. The van der Waals surface area contributed by atoms with E-state index in [-0.39, 0.29) is 11.8 Å². The molecule has 3 rings (SSSR count). The first kappa shape index (κ1) is 13.7. The van der Waals surface area contributed by atoms with Crippen molar-refractivity contribution in [2.45, 2.75) is 12.8 Å². The number of benzene rings is 1. The van der Waals surface area contributed by atoms with Gasteiger partial charge in [-0.2, -0.15) is 5.10 Å². The summed E-state index contributed by atoms with van der Waals surface area (Å²) < 4.78 is 7.48. The minimum Gasteiger partial charge on any atom is -0.492 e. The Morgan fingerprint density at radius 2 is 2.29 bits per heavy atom. The van der Waals surface area contributed by atoms with Gasteiger partial charge in [-0.1, -0.05) is 18.2 Å². The zero-order valence-corrected chi connectivity index (χ0v) is 12.1. The van der Waals surface area contributed by atoms with Crippen LogP contribution in [-0.2, 0) is 24.7 Å². The Balaban J connectivity index is 1.52. The van der Waals surface area contributed by atoms with E-state index >= 15 is 0 Å². The number of ether oxygens (including phenoxy) is 1. The highest BCUT2D eigenvalue weighted by Crippen LogP contribution is 2.26. The third-order valence-electron chi connectivity index (χ3n) is 3.85. The lowest BCUT2D eigenvalue weighted by atomic mass is 9.96. The van der Waals surface area contributed by atoms with Gasteiger partial charge in [0.15, 0.2) is 0 Å². The minimum atomic E-state index is -0.105. The number of amides is 1. The van der Waals surface area contributed by atoms with Crippen LogP contribution in [0.25, 0.3) is 0 Å². The summed E-state index contributed by atoms with van der Waals surface area (Å²) in [6, 6.07) is 9.86. The first-order chi connectivity index (χ1) is 10.2. The first-order valence-corrected chi connectivity index (χ1v) is 7.19. The molecule has 1 aliphatic rings. The highest BCUT2D eigenvalue weighted by atomic mass is 16.5. The largest absolute Gasteiger partial charge is 0.492 e. The molecule has 1 N–H and O–H groups in total. The Labute approximate surface area is 123 Å². The van der Waals surface area contributed by atoms with Gasteiger partial charge in [0.25, 0.3) is 0 Å². The number of nitrogens with one attached hydrogen (secondary N) is 1. The Hall–Kier alpha value is -2.30. The lowest BCUT2D eigenvalue weighted by molar-refractivity contribution is -0.126. The molecule has 5 nitrogen and oxygen atoms in total. The molecule has 2 heterocycles. The number of hydrogen-bond donors (Lipinski definition) is 1. The van der Waals surface area contributed by atoms with E-state index < -0.39 is 0 Å². The summed E-state index contributed by atoms with van der Waals surface area (Å²) in [4.78, 5) is 12.2. The van der Waals surface area contributed by atoms with Gasteiger partial charge in [0.05, 0.1) is 5.92 Å². The fourth-order valence-electron chi connectivity index (χ4n) is 2.60. The van der Waals surface area contributed by atoms with Crippen LogP contribution in [0.15, 0.2) is 36.5 Å². The average Bonchev–Trinajstić information content (AvgIpc) is 2.92. The SMILES string of the molecule is Cn1nccc1CCNC(=O)C1COc2ccccc2C1. The second-order valence-electron chi connectivity index (χ2n) is 5.31. The molecule has 1 aromatic carbocycles. The highest BCUT2D eigenvalue weighted by molar-refractivity contribution is 5.79. The molecule has 0 spiro atoms. The van der Waals surface area contributed by atoms with Crippen LogP contribution in [0.3, 0.4) is 0 Å². The summed E-state index contributed by atoms with van der Waals surface area (Å²) in [7, 11) is 1.91. The number of aryl methyl sites for hydroxylation is 1. The summed E-state index contributed by atoms with van der Waals surface area (Å²) in [5, 5.41) is 7.10. The van der Waals surface area contributed by atoms with Gasteiger partial charge in [0.1, 0.15) is 12.4 Å². The second kappa shape index (κ2) is 5.99. The number of aromatic nitrogens is 2. The van der Waals surface area contributed by atoms with Gasteiger partial charge in [-0.15, -0.1) is 0 Å². The monoisotopic (exact) mass is 285 g/mol. The van der Waals surface area contributed by atoms with Gasteiger partial charge in [0.2, 0.25) is 5.91 Å². The van der Waals surface area contributed by atoms with Crippen molar-refractivity contribution in [3.05, 3.63) is 47.8 Å². The van der Waals surface area contributed by atoms with E-state index in [1.54, 1.807) is 6.20 Å². The molecule has 0 saturated heterocycles. The minimum absolute atomic E-state index is 0.0617. The van der Waals surface area contributed by atoms with Gasteiger partial charge in [-0.3, -0.25) is 9.48 Å². The van der Waals surface area contributed by atoms with Crippen LogP contribution in [0.2, 0.25) is 0 Å². The van der Waals surface area contributed by atoms with Crippen LogP contribution >= 0.6 is 0 Å². The summed E-state index contributed by atoms with van der Waals surface area (Å²) in [5.74, 6) is 0.856. The molecular formula is C16H19N3O2. The number of nitrogens with zero attached hydrogens (tertiary/aromatic N) is 2. The van der Waals surface area contributed by atoms with E-state index in [0.717, 1.165) is 29.8 Å². The van der Waals surface area contributed by atoms with Crippen LogP contribution < -0.4 is 10.1 Å². The Kier molecular flexibility index (Phi) is 3.90. The van der Waals surface area contributed by atoms with E-state index in [9.17, 15) is 4.79 Å². The predicted molar refractivity (Wildman–Crippen MR) is 79.1 cm³/mol. The number of fused-ring (bicyclic) bond motifs is 1. The van der Waals surface area contributed by atoms with Crippen LogP contribution in [0.5, 0.6) is 5.75 Å². The van der Waals surface area contributed by atoms with E-state index in [1.807, 2.05) is 42.1 Å². The molecule has 1 aliphatic heterocycles. The molecular weight excluding hydrogens is 266 g/mol. The van der Waals surface area contributed by atoms with Gasteiger partial charge in [-0.05, 0) is 24.1 Å². The molecule has 1 aromatic heterocycles. The average molecular weight is 285 g/mol. The van der Waals surface area contributed by atoms with E-state index in [1.165, 1.54) is 0 Å². The molecule has 2 aromatic rings. The van der Waals surface area contributed by atoms with Crippen molar-refractivity contribution in [1.29, 1.82) is 0 Å². The molecule has 1 amide bonds. The maximum atomic E-state index is 12.2. The van der Waals surface area contributed by atoms with Gasteiger partial charge < -0.3 is 10.1 Å². The second-order valence-corrected chi connectivity index (χ2v) is 5.31. The number of carbonyl (C=O) groups is 1. The Morgan fingerprint density at radius 3 is 3.10 bits per heavy atom. The molecule has 0 aliphatic carbocycles. The van der Waals surface area contributed by atoms with Crippen LogP contribution in [-0.4, -0.2) is 28.8 Å². The molecule has 0 saturated carbocycles. The predicted octanol–water partition coefficient (Wildman–Crippen LogP) is 1.33. The highest BCUT2D eigenvalue weighted by Gasteiger charge is 2.25. The zero-order chi connectivity index (χ0) is 14.7. The van der Waals surface area contributed by atoms with Crippen molar-refractivity contribution >= 4 is 5.91 Å². The van der Waals surface area contributed by atoms with Crippen molar-refractivity contribution in [3.8, 4) is 5.75 Å². The molecule has 21 heavy (non-hydrogen) atoms. The van der Waals surface area contributed by atoms with Gasteiger partial charge in [-0.25, -0.2) is 0 Å². The summed E-state index contributed by atoms with van der Waals surface area (Å²) >= 11 is 0. The van der Waals surface area contributed by atoms with Gasteiger partial charge >= 0.3 is 0 Å². The topological polar surface area (TPSA) is 56.2 Å². The maximum absolute atomic E-state index is 12.2. The van der Waals surface area contributed by atoms with E-state index in [0.29, 0.717) is 13.2 Å². The van der Waals surface area contributed by atoms with Crippen molar-refractivity contribution in [3.63, 3.8) is 0 Å². The molecule has 110 valence electrons. The maximum Gasteiger partial charge on any atom is 0.226 e. The van der Waals surface area contributed by atoms with Crippen molar-refractivity contribution in [2.75, 3.05) is 13.2 Å². The fraction of sp³-hybridized carbons (Fsp3) is 0.375. The molecule has 1 unspecified atom stereocenters.